The van der Waals surface area contributed by atoms with Crippen molar-refractivity contribution in [1.82, 2.24) is 9.97 Å². The summed E-state index contributed by atoms with van der Waals surface area (Å²) in [5, 5.41) is 3.10. The molecule has 0 aliphatic heterocycles. The van der Waals surface area contributed by atoms with Gasteiger partial charge in [-0.1, -0.05) is 11.6 Å². The fraction of sp³-hybridized carbons (Fsp3) is 0.600. The predicted molar refractivity (Wildman–Crippen MR) is 65.1 cm³/mol. The number of rotatable bonds is 5. The van der Waals surface area contributed by atoms with Crippen LogP contribution in [0.5, 0.6) is 0 Å². The Morgan fingerprint density at radius 3 is 2.67 bits per heavy atom. The van der Waals surface area contributed by atoms with Gasteiger partial charge in [0.05, 0.1) is 12.6 Å². The Hall–Kier alpha value is -1.24. The Kier molecular flexibility index (Phi) is 5.01. The summed E-state index contributed by atoms with van der Waals surface area (Å²) >= 11 is 5.87. The van der Waals surface area contributed by atoms with Crippen LogP contribution in [0, 0.1) is 0 Å². The van der Waals surface area contributed by atoms with Crippen LogP contribution in [0.25, 0.3) is 0 Å². The van der Waals surface area contributed by atoms with E-state index in [-0.39, 0.29) is 17.4 Å². The molecule has 1 aromatic heterocycles. The summed E-state index contributed by atoms with van der Waals surface area (Å²) in [7, 11) is 1.51. The van der Waals surface area contributed by atoms with Crippen LogP contribution in [0.15, 0.2) is 6.20 Å². The maximum absolute atomic E-state index is 12.1. The third kappa shape index (κ3) is 4.56. The van der Waals surface area contributed by atoms with Crippen molar-refractivity contribution in [3.05, 3.63) is 11.2 Å². The van der Waals surface area contributed by atoms with Gasteiger partial charge in [0.15, 0.2) is 5.82 Å². The van der Waals surface area contributed by atoms with Gasteiger partial charge in [0.25, 0.3) is 0 Å². The van der Waals surface area contributed by atoms with E-state index in [0.717, 1.165) is 0 Å². The Labute approximate surface area is 108 Å². The predicted octanol–water partition coefficient (Wildman–Crippen LogP) is 2.95. The molecule has 8 heteroatoms. The molecular weight excluding hydrogens is 269 g/mol. The first-order valence-electron chi connectivity index (χ1n) is 5.37. The molecule has 0 amide bonds. The lowest BCUT2D eigenvalue weighted by Gasteiger charge is -2.20. The number of aromatic nitrogens is 2. The molecule has 18 heavy (non-hydrogen) atoms. The zero-order valence-corrected chi connectivity index (χ0v) is 10.8. The molecule has 1 aromatic rings. The average molecular weight is 283 g/mol. The van der Waals surface area contributed by atoms with Crippen molar-refractivity contribution >= 4 is 23.4 Å². The van der Waals surface area contributed by atoms with Crippen LogP contribution >= 0.6 is 11.6 Å². The molecule has 0 spiro atoms. The topological polar surface area (TPSA) is 41.1 Å². The molecule has 0 aliphatic rings. The van der Waals surface area contributed by atoms with Crippen molar-refractivity contribution in [1.29, 1.82) is 0 Å². The smallest absolute Gasteiger partial charge is 0.358 e. The number of nitrogens with zero attached hydrogens (tertiary/aromatic N) is 3. The fourth-order valence-corrected chi connectivity index (χ4v) is 1.50. The van der Waals surface area contributed by atoms with E-state index < -0.39 is 12.6 Å². The second-order valence-electron chi connectivity index (χ2n) is 3.68. The van der Waals surface area contributed by atoms with E-state index >= 15 is 0 Å². The van der Waals surface area contributed by atoms with E-state index in [1.807, 2.05) is 6.92 Å². The van der Waals surface area contributed by atoms with Crippen LogP contribution in [0.4, 0.5) is 24.9 Å². The SMILES string of the molecule is CCNc1ncc(Cl)c(N(C)CCC(F)(F)F)n1. The van der Waals surface area contributed by atoms with Gasteiger partial charge in [0, 0.05) is 20.1 Å². The van der Waals surface area contributed by atoms with Crippen molar-refractivity contribution in [2.75, 3.05) is 30.4 Å². The Morgan fingerprint density at radius 1 is 1.44 bits per heavy atom. The second kappa shape index (κ2) is 6.08. The summed E-state index contributed by atoms with van der Waals surface area (Å²) in [4.78, 5) is 9.34. The first-order chi connectivity index (χ1) is 8.33. The Morgan fingerprint density at radius 2 is 2.11 bits per heavy atom. The van der Waals surface area contributed by atoms with Crippen molar-refractivity contribution < 1.29 is 13.2 Å². The van der Waals surface area contributed by atoms with E-state index in [9.17, 15) is 13.2 Å². The Bertz CT molecular complexity index is 397. The molecule has 0 aromatic carbocycles. The molecule has 1 heterocycles. The van der Waals surface area contributed by atoms with Crippen LogP contribution in [-0.4, -0.2) is 36.3 Å². The van der Waals surface area contributed by atoms with E-state index in [0.29, 0.717) is 12.5 Å². The molecule has 0 bridgehead atoms. The lowest BCUT2D eigenvalue weighted by Crippen LogP contribution is -2.25. The van der Waals surface area contributed by atoms with Crippen molar-refractivity contribution in [2.45, 2.75) is 19.5 Å². The monoisotopic (exact) mass is 282 g/mol. The minimum atomic E-state index is -4.20. The van der Waals surface area contributed by atoms with Crippen LogP contribution in [-0.2, 0) is 0 Å². The third-order valence-electron chi connectivity index (χ3n) is 2.15. The molecule has 102 valence electrons. The van der Waals surface area contributed by atoms with Crippen LogP contribution in [0.3, 0.4) is 0 Å². The highest BCUT2D eigenvalue weighted by atomic mass is 35.5. The largest absolute Gasteiger partial charge is 0.390 e. The van der Waals surface area contributed by atoms with Crippen LogP contribution in [0.1, 0.15) is 13.3 Å². The minimum absolute atomic E-state index is 0.203. The molecule has 0 aliphatic carbocycles. The van der Waals surface area contributed by atoms with Gasteiger partial charge in [-0.05, 0) is 6.92 Å². The first kappa shape index (κ1) is 14.8. The van der Waals surface area contributed by atoms with Gasteiger partial charge >= 0.3 is 6.18 Å². The summed E-state index contributed by atoms with van der Waals surface area (Å²) < 4.78 is 36.4. The molecule has 0 saturated carbocycles. The van der Waals surface area contributed by atoms with Crippen molar-refractivity contribution in [3.63, 3.8) is 0 Å². The van der Waals surface area contributed by atoms with Gasteiger partial charge in [0.1, 0.15) is 5.02 Å². The maximum atomic E-state index is 12.1. The van der Waals surface area contributed by atoms with E-state index in [1.54, 1.807) is 0 Å². The van der Waals surface area contributed by atoms with Crippen molar-refractivity contribution in [3.8, 4) is 0 Å². The average Bonchev–Trinajstić information content (AvgIpc) is 2.28. The van der Waals surface area contributed by atoms with Gasteiger partial charge in [-0.3, -0.25) is 0 Å². The quantitative estimate of drug-likeness (QED) is 0.901. The number of hydrogen-bond donors (Lipinski definition) is 1. The molecule has 1 rings (SSSR count). The van der Waals surface area contributed by atoms with Gasteiger partial charge in [0.2, 0.25) is 5.95 Å². The maximum Gasteiger partial charge on any atom is 0.390 e. The summed E-state index contributed by atoms with van der Waals surface area (Å²) in [6, 6.07) is 0. The first-order valence-corrected chi connectivity index (χ1v) is 5.75. The zero-order chi connectivity index (χ0) is 13.8. The molecular formula is C10H14ClF3N4. The molecule has 0 saturated heterocycles. The number of anilines is 2. The standard InChI is InChI=1S/C10H14ClF3N4/c1-3-15-9-16-6-7(11)8(17-9)18(2)5-4-10(12,13)14/h6H,3-5H2,1-2H3,(H,15,16,17). The van der Waals surface area contributed by atoms with E-state index in [4.69, 9.17) is 11.6 Å². The van der Waals surface area contributed by atoms with Crippen LogP contribution in [0.2, 0.25) is 5.02 Å². The fourth-order valence-electron chi connectivity index (χ4n) is 1.27. The highest BCUT2D eigenvalue weighted by molar-refractivity contribution is 6.32. The van der Waals surface area contributed by atoms with Gasteiger partial charge < -0.3 is 10.2 Å². The number of hydrogen-bond acceptors (Lipinski definition) is 4. The molecule has 0 unspecified atom stereocenters. The van der Waals surface area contributed by atoms with Gasteiger partial charge in [-0.25, -0.2) is 4.98 Å². The lowest BCUT2D eigenvalue weighted by atomic mass is 10.4. The molecule has 0 atom stereocenters. The molecule has 0 fully saturated rings. The van der Waals surface area contributed by atoms with E-state index in [1.165, 1.54) is 18.1 Å². The summed E-state index contributed by atoms with van der Waals surface area (Å²) in [6.07, 6.45) is -3.75. The van der Waals surface area contributed by atoms with E-state index in [2.05, 4.69) is 15.3 Å². The number of alkyl halides is 3. The molecule has 4 nitrogen and oxygen atoms in total. The zero-order valence-electron chi connectivity index (χ0n) is 10.1. The van der Waals surface area contributed by atoms with Gasteiger partial charge in [-0.2, -0.15) is 18.2 Å². The number of halogens is 4. The Balaban J connectivity index is 2.77. The second-order valence-corrected chi connectivity index (χ2v) is 4.09. The van der Waals surface area contributed by atoms with Crippen LogP contribution < -0.4 is 10.2 Å². The van der Waals surface area contributed by atoms with Crippen molar-refractivity contribution in [2.24, 2.45) is 0 Å². The summed E-state index contributed by atoms with van der Waals surface area (Å²) in [6.45, 7) is 2.28. The van der Waals surface area contributed by atoms with Gasteiger partial charge in [-0.15, -0.1) is 0 Å². The number of nitrogens with one attached hydrogen (secondary N) is 1. The highest BCUT2D eigenvalue weighted by Crippen LogP contribution is 2.25. The highest BCUT2D eigenvalue weighted by Gasteiger charge is 2.27. The minimum Gasteiger partial charge on any atom is -0.358 e. The third-order valence-corrected chi connectivity index (χ3v) is 2.42. The summed E-state index contributed by atoms with van der Waals surface area (Å²) in [5.41, 5.74) is 0. The summed E-state index contributed by atoms with van der Waals surface area (Å²) in [5.74, 6) is 0.627. The molecule has 1 N–H and O–H groups in total. The lowest BCUT2D eigenvalue weighted by molar-refractivity contribution is -0.132. The normalized spacial score (nSPS) is 11.4. The molecule has 0 radical (unpaired) electrons.